The first-order chi connectivity index (χ1) is 8.20. The van der Waals surface area contributed by atoms with Crippen molar-refractivity contribution in [3.8, 4) is 6.07 Å². The molecule has 0 amide bonds. The van der Waals surface area contributed by atoms with Crippen molar-refractivity contribution in [2.45, 2.75) is 13.0 Å². The predicted molar refractivity (Wildman–Crippen MR) is 66.2 cm³/mol. The van der Waals surface area contributed by atoms with Gasteiger partial charge in [0.15, 0.2) is 0 Å². The minimum Gasteiger partial charge on any atom is -0.399 e. The number of aromatic nitrogens is 2. The molecule has 5 heteroatoms. The molecule has 1 atom stereocenters. The van der Waals surface area contributed by atoms with Crippen LogP contribution in [0.4, 0.5) is 11.4 Å². The smallest absolute Gasteiger partial charge is 0.128 e. The lowest BCUT2D eigenvalue weighted by Gasteiger charge is -2.14. The zero-order valence-electron chi connectivity index (χ0n) is 9.44. The average Bonchev–Trinajstić information content (AvgIpc) is 2.85. The van der Waals surface area contributed by atoms with Crippen LogP contribution >= 0.6 is 0 Å². The van der Waals surface area contributed by atoms with Gasteiger partial charge >= 0.3 is 0 Å². The summed E-state index contributed by atoms with van der Waals surface area (Å²) < 4.78 is 0. The fraction of sp³-hybridized carbons (Fsp3) is 0.167. The fourth-order valence-corrected chi connectivity index (χ4v) is 1.60. The first-order valence-corrected chi connectivity index (χ1v) is 5.26. The molecular weight excluding hydrogens is 214 g/mol. The third kappa shape index (κ3) is 2.37. The van der Waals surface area contributed by atoms with E-state index in [1.165, 1.54) is 0 Å². The molecule has 4 N–H and O–H groups in total. The normalized spacial score (nSPS) is 11.8. The van der Waals surface area contributed by atoms with Crippen LogP contribution in [0, 0.1) is 11.3 Å². The summed E-state index contributed by atoms with van der Waals surface area (Å²) in [5.74, 6) is 0.825. The Labute approximate surface area is 99.3 Å². The monoisotopic (exact) mass is 227 g/mol. The molecule has 86 valence electrons. The van der Waals surface area contributed by atoms with Gasteiger partial charge in [-0.3, -0.25) is 0 Å². The second-order valence-corrected chi connectivity index (χ2v) is 3.76. The number of anilines is 2. The van der Waals surface area contributed by atoms with Crippen molar-refractivity contribution >= 4 is 11.4 Å². The van der Waals surface area contributed by atoms with Gasteiger partial charge in [0, 0.05) is 18.1 Å². The zero-order valence-corrected chi connectivity index (χ0v) is 9.44. The molecule has 0 aliphatic carbocycles. The number of imidazole rings is 1. The number of H-pyrrole nitrogens is 1. The SMILES string of the molecule is CC(Nc1ccc(N)cc1C#N)c1ncc[nH]1. The van der Waals surface area contributed by atoms with Crippen molar-refractivity contribution in [3.63, 3.8) is 0 Å². The summed E-state index contributed by atoms with van der Waals surface area (Å²) in [4.78, 5) is 7.18. The minimum atomic E-state index is 0.000671. The summed E-state index contributed by atoms with van der Waals surface area (Å²) in [5, 5.41) is 12.2. The summed E-state index contributed by atoms with van der Waals surface area (Å²) in [6, 6.07) is 7.33. The van der Waals surface area contributed by atoms with Crippen molar-refractivity contribution in [1.29, 1.82) is 5.26 Å². The molecule has 0 bridgehead atoms. The van der Waals surface area contributed by atoms with Crippen molar-refractivity contribution in [1.82, 2.24) is 9.97 Å². The molecule has 0 saturated carbocycles. The highest BCUT2D eigenvalue weighted by molar-refractivity contribution is 5.63. The summed E-state index contributed by atoms with van der Waals surface area (Å²) in [6.07, 6.45) is 3.46. The Morgan fingerprint density at radius 3 is 3.00 bits per heavy atom. The average molecular weight is 227 g/mol. The Bertz CT molecular complexity index is 539. The van der Waals surface area contributed by atoms with Gasteiger partial charge in [0.05, 0.1) is 17.3 Å². The third-order valence-corrected chi connectivity index (χ3v) is 2.47. The molecule has 2 rings (SSSR count). The molecule has 0 saturated heterocycles. The second-order valence-electron chi connectivity index (χ2n) is 3.76. The van der Waals surface area contributed by atoms with E-state index in [0.717, 1.165) is 11.5 Å². The van der Waals surface area contributed by atoms with Gasteiger partial charge in [0.2, 0.25) is 0 Å². The lowest BCUT2D eigenvalue weighted by molar-refractivity contribution is 0.810. The van der Waals surface area contributed by atoms with Gasteiger partial charge in [-0.15, -0.1) is 0 Å². The molecule has 0 aliphatic rings. The lowest BCUT2D eigenvalue weighted by Crippen LogP contribution is -2.09. The lowest BCUT2D eigenvalue weighted by atomic mass is 10.1. The van der Waals surface area contributed by atoms with Crippen LogP contribution in [0.15, 0.2) is 30.6 Å². The third-order valence-electron chi connectivity index (χ3n) is 2.47. The van der Waals surface area contributed by atoms with Crippen molar-refractivity contribution < 1.29 is 0 Å². The molecule has 0 radical (unpaired) electrons. The van der Waals surface area contributed by atoms with Gasteiger partial charge in [-0.25, -0.2) is 4.98 Å². The maximum Gasteiger partial charge on any atom is 0.128 e. The standard InChI is InChI=1S/C12H13N5/c1-8(12-15-4-5-16-12)17-11-3-2-10(14)6-9(11)7-13/h2-6,8,17H,14H2,1H3,(H,15,16). The number of nitrogens with zero attached hydrogens (tertiary/aromatic N) is 2. The van der Waals surface area contributed by atoms with E-state index in [0.29, 0.717) is 11.3 Å². The van der Waals surface area contributed by atoms with E-state index in [-0.39, 0.29) is 6.04 Å². The quantitative estimate of drug-likeness (QED) is 0.700. The number of nitrogens with one attached hydrogen (secondary N) is 2. The van der Waals surface area contributed by atoms with Crippen LogP contribution in [0.1, 0.15) is 24.4 Å². The van der Waals surface area contributed by atoms with Gasteiger partial charge in [0.1, 0.15) is 11.9 Å². The first kappa shape index (κ1) is 11.0. The van der Waals surface area contributed by atoms with Crippen molar-refractivity contribution in [2.24, 2.45) is 0 Å². The highest BCUT2D eigenvalue weighted by Crippen LogP contribution is 2.22. The van der Waals surface area contributed by atoms with Crippen LogP contribution in [0.5, 0.6) is 0 Å². The van der Waals surface area contributed by atoms with Crippen LogP contribution in [0.25, 0.3) is 0 Å². The van der Waals surface area contributed by atoms with Crippen molar-refractivity contribution in [3.05, 3.63) is 42.0 Å². The molecule has 17 heavy (non-hydrogen) atoms. The van der Waals surface area contributed by atoms with E-state index in [2.05, 4.69) is 21.4 Å². The van der Waals surface area contributed by atoms with Crippen LogP contribution in [0.2, 0.25) is 0 Å². The number of aromatic amines is 1. The summed E-state index contributed by atoms with van der Waals surface area (Å²) >= 11 is 0. The molecule has 0 aliphatic heterocycles. The number of benzene rings is 1. The number of nitriles is 1. The molecule has 1 heterocycles. The number of rotatable bonds is 3. The van der Waals surface area contributed by atoms with Crippen LogP contribution in [-0.2, 0) is 0 Å². The van der Waals surface area contributed by atoms with Crippen LogP contribution < -0.4 is 11.1 Å². The number of nitrogens with two attached hydrogens (primary N) is 1. The summed E-state index contributed by atoms with van der Waals surface area (Å²) in [5.41, 5.74) is 7.50. The molecule has 1 aromatic carbocycles. The van der Waals surface area contributed by atoms with Gasteiger partial charge in [-0.05, 0) is 25.1 Å². The number of hydrogen-bond acceptors (Lipinski definition) is 4. The molecule has 2 aromatic rings. The van der Waals surface area contributed by atoms with Crippen LogP contribution in [-0.4, -0.2) is 9.97 Å². The summed E-state index contributed by atoms with van der Waals surface area (Å²) in [7, 11) is 0. The Morgan fingerprint density at radius 1 is 1.53 bits per heavy atom. The predicted octanol–water partition coefficient (Wildman–Crippen LogP) is 2.04. The molecule has 0 fully saturated rings. The largest absolute Gasteiger partial charge is 0.399 e. The van der Waals surface area contributed by atoms with Gasteiger partial charge in [-0.2, -0.15) is 5.26 Å². The minimum absolute atomic E-state index is 0.000671. The Morgan fingerprint density at radius 2 is 2.35 bits per heavy atom. The van der Waals surface area contributed by atoms with E-state index in [1.54, 1.807) is 30.6 Å². The highest BCUT2D eigenvalue weighted by atomic mass is 15.0. The second kappa shape index (κ2) is 4.58. The summed E-state index contributed by atoms with van der Waals surface area (Å²) in [6.45, 7) is 1.97. The maximum atomic E-state index is 9.02. The Kier molecular flexibility index (Phi) is 2.97. The Hall–Kier alpha value is -2.48. The topological polar surface area (TPSA) is 90.5 Å². The molecular formula is C12H13N5. The van der Waals surface area contributed by atoms with Gasteiger partial charge < -0.3 is 16.0 Å². The van der Waals surface area contributed by atoms with E-state index in [4.69, 9.17) is 11.0 Å². The number of hydrogen-bond donors (Lipinski definition) is 3. The maximum absolute atomic E-state index is 9.02. The first-order valence-electron chi connectivity index (χ1n) is 5.26. The molecule has 0 spiro atoms. The van der Waals surface area contributed by atoms with Gasteiger partial charge in [-0.1, -0.05) is 0 Å². The highest BCUT2D eigenvalue weighted by Gasteiger charge is 2.10. The zero-order chi connectivity index (χ0) is 12.3. The van der Waals surface area contributed by atoms with E-state index < -0.39 is 0 Å². The molecule has 5 nitrogen and oxygen atoms in total. The number of nitrogen functional groups attached to an aromatic ring is 1. The fourth-order valence-electron chi connectivity index (χ4n) is 1.60. The molecule has 1 unspecified atom stereocenters. The van der Waals surface area contributed by atoms with Crippen molar-refractivity contribution in [2.75, 3.05) is 11.1 Å². The van der Waals surface area contributed by atoms with Crippen LogP contribution in [0.3, 0.4) is 0 Å². The van der Waals surface area contributed by atoms with E-state index >= 15 is 0 Å². The molecule has 1 aromatic heterocycles. The van der Waals surface area contributed by atoms with E-state index in [9.17, 15) is 0 Å². The Balaban J connectivity index is 2.22. The van der Waals surface area contributed by atoms with Gasteiger partial charge in [0.25, 0.3) is 0 Å². The van der Waals surface area contributed by atoms with E-state index in [1.807, 2.05) is 6.92 Å².